The van der Waals surface area contributed by atoms with Crippen LogP contribution in [0.2, 0.25) is 5.15 Å². The van der Waals surface area contributed by atoms with Gasteiger partial charge in [-0.05, 0) is 37.1 Å². The Morgan fingerprint density at radius 1 is 1.44 bits per heavy atom. The molecule has 1 aliphatic carbocycles. The van der Waals surface area contributed by atoms with Gasteiger partial charge in [-0.25, -0.2) is 4.68 Å². The van der Waals surface area contributed by atoms with Crippen LogP contribution in [-0.4, -0.2) is 15.9 Å². The first-order chi connectivity index (χ1) is 8.83. The predicted molar refractivity (Wildman–Crippen MR) is 73.5 cm³/mol. The van der Waals surface area contributed by atoms with E-state index in [9.17, 15) is 0 Å². The number of ether oxygens (including phenoxy) is 1. The Morgan fingerprint density at radius 3 is 3.00 bits per heavy atom. The minimum atomic E-state index is 0.321. The number of nitrogens with zero attached hydrogens (tertiary/aromatic N) is 2. The summed E-state index contributed by atoms with van der Waals surface area (Å²) in [7, 11) is 0. The molecular weight excluding hydrogens is 268 g/mol. The van der Waals surface area contributed by atoms with E-state index in [2.05, 4.69) is 16.5 Å². The Morgan fingerprint density at radius 2 is 2.28 bits per heavy atom. The van der Waals surface area contributed by atoms with Gasteiger partial charge < -0.3 is 4.74 Å². The van der Waals surface area contributed by atoms with Crippen molar-refractivity contribution in [2.24, 2.45) is 0 Å². The number of hydrogen-bond acceptors (Lipinski definition) is 3. The number of hydrogen-bond donors (Lipinski definition) is 0. The van der Waals surface area contributed by atoms with Crippen LogP contribution in [-0.2, 0) is 6.54 Å². The lowest BCUT2D eigenvalue weighted by atomic mass is 10.3. The van der Waals surface area contributed by atoms with Crippen LogP contribution in [0.25, 0.3) is 0 Å². The zero-order valence-electron chi connectivity index (χ0n) is 10.0. The first-order valence-corrected chi connectivity index (χ1v) is 7.49. The van der Waals surface area contributed by atoms with Crippen LogP contribution in [0, 0.1) is 0 Å². The molecule has 0 aliphatic heterocycles. The molecule has 18 heavy (non-hydrogen) atoms. The average molecular weight is 283 g/mol. The fraction of sp³-hybridized carbons (Fsp3) is 0.462. The molecule has 2 aromatic rings. The van der Waals surface area contributed by atoms with E-state index >= 15 is 0 Å². The van der Waals surface area contributed by atoms with E-state index in [1.807, 2.05) is 6.07 Å². The molecule has 0 unspecified atom stereocenters. The van der Waals surface area contributed by atoms with Gasteiger partial charge in [-0.2, -0.15) is 5.10 Å². The summed E-state index contributed by atoms with van der Waals surface area (Å²) >= 11 is 8.01. The molecule has 5 heteroatoms. The number of thiophene rings is 1. The fourth-order valence-electron chi connectivity index (χ4n) is 2.28. The van der Waals surface area contributed by atoms with Crippen molar-refractivity contribution in [1.29, 1.82) is 0 Å². The average Bonchev–Trinajstić information content (AvgIpc) is 3.08. The van der Waals surface area contributed by atoms with Crippen LogP contribution in [0.4, 0.5) is 0 Å². The zero-order chi connectivity index (χ0) is 12.4. The van der Waals surface area contributed by atoms with Crippen LogP contribution in [0.15, 0.2) is 23.7 Å². The highest BCUT2D eigenvalue weighted by Crippen LogP contribution is 2.30. The molecule has 0 N–H and O–H groups in total. The summed E-state index contributed by atoms with van der Waals surface area (Å²) in [6, 6.07) is 4.12. The summed E-state index contributed by atoms with van der Waals surface area (Å²) in [6.07, 6.45) is 6.83. The Hall–Kier alpha value is -1.000. The van der Waals surface area contributed by atoms with Crippen molar-refractivity contribution in [3.05, 3.63) is 33.7 Å². The maximum absolute atomic E-state index is 6.30. The molecule has 3 rings (SSSR count). The van der Waals surface area contributed by atoms with Crippen molar-refractivity contribution in [3.63, 3.8) is 0 Å². The van der Waals surface area contributed by atoms with Crippen LogP contribution < -0.4 is 4.74 Å². The first kappa shape index (κ1) is 12.1. The summed E-state index contributed by atoms with van der Waals surface area (Å²) in [5.41, 5.74) is 0. The molecule has 3 nitrogen and oxygen atoms in total. The molecule has 96 valence electrons. The minimum Gasteiger partial charge on any atom is -0.486 e. The standard InChI is InChI=1S/C13H15ClN2OS/c14-13-12(17-10-4-1-2-5-10)8-15-16(13)9-11-6-3-7-18-11/h3,6-8,10H,1-2,4-5,9H2. The highest BCUT2D eigenvalue weighted by molar-refractivity contribution is 7.09. The topological polar surface area (TPSA) is 27.1 Å². The monoisotopic (exact) mass is 282 g/mol. The van der Waals surface area contributed by atoms with Gasteiger partial charge in [-0.1, -0.05) is 17.7 Å². The summed E-state index contributed by atoms with van der Waals surface area (Å²) < 4.78 is 7.68. The molecule has 0 atom stereocenters. The lowest BCUT2D eigenvalue weighted by molar-refractivity contribution is 0.210. The summed E-state index contributed by atoms with van der Waals surface area (Å²) in [5, 5.41) is 6.96. The van der Waals surface area contributed by atoms with Gasteiger partial charge in [0.15, 0.2) is 10.9 Å². The molecule has 0 saturated heterocycles. The molecule has 1 aliphatic rings. The SMILES string of the molecule is Clc1c(OC2CCCC2)cnn1Cc1cccs1. The molecular formula is C13H15ClN2OS. The second-order valence-electron chi connectivity index (χ2n) is 4.56. The van der Waals surface area contributed by atoms with Crippen molar-refractivity contribution in [3.8, 4) is 5.75 Å². The smallest absolute Gasteiger partial charge is 0.176 e. The quantitative estimate of drug-likeness (QED) is 0.848. The van der Waals surface area contributed by atoms with E-state index in [4.69, 9.17) is 16.3 Å². The number of rotatable bonds is 4. The molecule has 2 heterocycles. The first-order valence-electron chi connectivity index (χ1n) is 6.23. The third-order valence-electron chi connectivity index (χ3n) is 3.23. The minimum absolute atomic E-state index is 0.321. The largest absolute Gasteiger partial charge is 0.486 e. The maximum atomic E-state index is 6.30. The molecule has 0 spiro atoms. The number of aromatic nitrogens is 2. The van der Waals surface area contributed by atoms with Gasteiger partial charge in [0, 0.05) is 4.88 Å². The third-order valence-corrected chi connectivity index (χ3v) is 4.47. The summed E-state index contributed by atoms with van der Waals surface area (Å²) in [4.78, 5) is 1.24. The molecule has 1 fully saturated rings. The Balaban J connectivity index is 1.71. The van der Waals surface area contributed by atoms with Crippen molar-refractivity contribution >= 4 is 22.9 Å². The highest BCUT2D eigenvalue weighted by atomic mass is 35.5. The van der Waals surface area contributed by atoms with Gasteiger partial charge in [-0.3, -0.25) is 0 Å². The zero-order valence-corrected chi connectivity index (χ0v) is 11.6. The second-order valence-corrected chi connectivity index (χ2v) is 5.95. The van der Waals surface area contributed by atoms with Crippen LogP contribution in [0.5, 0.6) is 5.75 Å². The van der Waals surface area contributed by atoms with Gasteiger partial charge in [0.2, 0.25) is 0 Å². The van der Waals surface area contributed by atoms with E-state index < -0.39 is 0 Å². The van der Waals surface area contributed by atoms with E-state index in [1.165, 1.54) is 17.7 Å². The van der Waals surface area contributed by atoms with Crippen molar-refractivity contribution in [2.75, 3.05) is 0 Å². The predicted octanol–water partition coefficient (Wildman–Crippen LogP) is 3.97. The van der Waals surface area contributed by atoms with Gasteiger partial charge in [0.05, 0.1) is 18.8 Å². The molecule has 2 aromatic heterocycles. The third kappa shape index (κ3) is 2.54. The molecule has 0 amide bonds. The Labute approximate surface area is 115 Å². The lowest BCUT2D eigenvalue weighted by Crippen LogP contribution is -2.10. The van der Waals surface area contributed by atoms with Crippen LogP contribution in [0.3, 0.4) is 0 Å². The van der Waals surface area contributed by atoms with E-state index in [-0.39, 0.29) is 0 Å². The van der Waals surface area contributed by atoms with E-state index in [1.54, 1.807) is 22.2 Å². The van der Waals surface area contributed by atoms with Crippen molar-refractivity contribution in [2.45, 2.75) is 38.3 Å². The maximum Gasteiger partial charge on any atom is 0.176 e. The molecule has 0 aromatic carbocycles. The molecule has 0 radical (unpaired) electrons. The number of halogens is 1. The van der Waals surface area contributed by atoms with E-state index in [0.29, 0.717) is 17.8 Å². The highest BCUT2D eigenvalue weighted by Gasteiger charge is 2.19. The van der Waals surface area contributed by atoms with Gasteiger partial charge in [-0.15, -0.1) is 11.3 Å². The summed E-state index contributed by atoms with van der Waals surface area (Å²) in [5.74, 6) is 0.722. The fourth-order valence-corrected chi connectivity index (χ4v) is 3.16. The van der Waals surface area contributed by atoms with Gasteiger partial charge in [0.1, 0.15) is 0 Å². The van der Waals surface area contributed by atoms with Gasteiger partial charge >= 0.3 is 0 Å². The van der Waals surface area contributed by atoms with E-state index in [0.717, 1.165) is 18.6 Å². The lowest BCUT2D eigenvalue weighted by Gasteiger charge is -2.11. The molecule has 0 bridgehead atoms. The molecule has 1 saturated carbocycles. The van der Waals surface area contributed by atoms with Crippen molar-refractivity contribution < 1.29 is 4.74 Å². The van der Waals surface area contributed by atoms with Gasteiger partial charge in [0.25, 0.3) is 0 Å². The van der Waals surface area contributed by atoms with Crippen molar-refractivity contribution in [1.82, 2.24) is 9.78 Å². The Kier molecular flexibility index (Phi) is 3.57. The normalized spacial score (nSPS) is 16.3. The van der Waals surface area contributed by atoms with Crippen LogP contribution in [0.1, 0.15) is 30.6 Å². The Bertz CT molecular complexity index is 503. The van der Waals surface area contributed by atoms with Crippen LogP contribution >= 0.6 is 22.9 Å². The summed E-state index contributed by atoms with van der Waals surface area (Å²) in [6.45, 7) is 0.713. The second kappa shape index (κ2) is 5.33.